The Kier molecular flexibility index (Phi) is 35.9. The Bertz CT molecular complexity index is 2140. The van der Waals surface area contributed by atoms with E-state index in [2.05, 4.69) is 167 Å². The van der Waals surface area contributed by atoms with Crippen molar-refractivity contribution in [3.05, 3.63) is 203 Å². The highest BCUT2D eigenvalue weighted by molar-refractivity contribution is 5.69. The molecule has 6 heteroatoms. The number of rotatable bonds is 31. The predicted octanol–water partition coefficient (Wildman–Crippen LogP) is 15.6. The largest absolute Gasteiger partial charge is 0.391 e. The van der Waals surface area contributed by atoms with Gasteiger partial charge < -0.3 is 29.5 Å². The maximum atomic E-state index is 9.94. The second-order valence-electron chi connectivity index (χ2n) is 18.8. The first-order valence-electron chi connectivity index (χ1n) is 27.6. The summed E-state index contributed by atoms with van der Waals surface area (Å²) >= 11 is 0. The summed E-state index contributed by atoms with van der Waals surface area (Å²) in [4.78, 5) is 0. The number of aryl methyl sites for hydroxylation is 4. The fraction of sp³-hybridized carbons (Fsp3) is 0.433. The lowest BCUT2D eigenvalue weighted by atomic mass is 10.0. The number of unbranched alkanes of at least 4 members (excludes halogenated alkanes) is 5. The lowest BCUT2D eigenvalue weighted by Crippen LogP contribution is -2.16. The van der Waals surface area contributed by atoms with Crippen LogP contribution in [0.25, 0.3) is 23.3 Å². The molecule has 6 nitrogen and oxygen atoms in total. The van der Waals surface area contributed by atoms with Crippen molar-refractivity contribution in [2.24, 2.45) is 0 Å². The van der Waals surface area contributed by atoms with Crippen LogP contribution in [0.2, 0.25) is 0 Å². The molecule has 0 aliphatic carbocycles. The van der Waals surface area contributed by atoms with Gasteiger partial charge in [0.2, 0.25) is 0 Å². The summed E-state index contributed by atoms with van der Waals surface area (Å²) in [6, 6.07) is 58.7. The number of hydrogen-bond acceptors (Lipinski definition) is 6. The molecule has 6 rings (SSSR count). The number of ether oxygens (including phenoxy) is 3. The van der Waals surface area contributed by atoms with E-state index in [-0.39, 0.29) is 18.3 Å². The Morgan fingerprint density at radius 3 is 1.04 bits per heavy atom. The maximum absolute atomic E-state index is 9.94. The van der Waals surface area contributed by atoms with Crippen LogP contribution in [0.15, 0.2) is 170 Å². The highest BCUT2D eigenvalue weighted by Gasteiger charge is 2.07. The van der Waals surface area contributed by atoms with Crippen LogP contribution in [0.5, 0.6) is 0 Å². The molecule has 0 radical (unpaired) electrons. The van der Waals surface area contributed by atoms with Crippen LogP contribution < -0.4 is 0 Å². The Morgan fingerprint density at radius 2 is 0.644 bits per heavy atom. The zero-order chi connectivity index (χ0) is 52.2. The van der Waals surface area contributed by atoms with Crippen molar-refractivity contribution in [1.82, 2.24) is 0 Å². The molecular weight excluding hydrogens is 901 g/mol. The number of benzene rings is 6. The van der Waals surface area contributed by atoms with Crippen molar-refractivity contribution in [1.29, 1.82) is 0 Å². The van der Waals surface area contributed by atoms with E-state index in [0.29, 0.717) is 19.8 Å². The first-order valence-corrected chi connectivity index (χ1v) is 27.6. The molecule has 396 valence electrons. The molecule has 6 aromatic carbocycles. The van der Waals surface area contributed by atoms with E-state index < -0.39 is 0 Å². The average Bonchev–Trinajstić information content (AvgIpc) is 3.44. The van der Waals surface area contributed by atoms with Gasteiger partial charge in [0.25, 0.3) is 0 Å². The van der Waals surface area contributed by atoms with E-state index in [1.165, 1.54) is 70.2 Å². The molecule has 0 aliphatic rings. The summed E-state index contributed by atoms with van der Waals surface area (Å²) in [5.41, 5.74) is 10.1. The third-order valence-electron chi connectivity index (χ3n) is 12.2. The SMILES string of the molecule is CCCCCc1ccccc1.CCCCOCC(O)CCc1ccc(-c2ccccc2)cc1.CCCCOCC(O)CCc1ccc(/C=C/c2ccccc2)cc1.CCCCOCC(O)CCc1ccccc1. The highest BCUT2D eigenvalue weighted by atomic mass is 16.5. The first kappa shape index (κ1) is 62.1. The van der Waals surface area contributed by atoms with Crippen LogP contribution in [0.1, 0.15) is 138 Å². The van der Waals surface area contributed by atoms with Gasteiger partial charge in [-0.05, 0) is 115 Å². The molecule has 0 saturated carbocycles. The number of aliphatic hydroxyl groups excluding tert-OH is 3. The molecule has 6 aromatic rings. The lowest BCUT2D eigenvalue weighted by molar-refractivity contribution is 0.0317. The molecule has 0 saturated heterocycles. The molecule has 0 aliphatic heterocycles. The van der Waals surface area contributed by atoms with Crippen molar-refractivity contribution in [3.63, 3.8) is 0 Å². The van der Waals surface area contributed by atoms with Crippen molar-refractivity contribution < 1.29 is 29.5 Å². The van der Waals surface area contributed by atoms with Gasteiger partial charge in [-0.2, -0.15) is 0 Å². The van der Waals surface area contributed by atoms with E-state index in [1.807, 2.05) is 42.5 Å². The normalized spacial score (nSPS) is 12.1. The van der Waals surface area contributed by atoms with Gasteiger partial charge in [0, 0.05) is 19.8 Å². The zero-order valence-corrected chi connectivity index (χ0v) is 45.2. The summed E-state index contributed by atoms with van der Waals surface area (Å²) in [5.74, 6) is 0. The molecule has 0 fully saturated rings. The van der Waals surface area contributed by atoms with E-state index in [4.69, 9.17) is 14.2 Å². The lowest BCUT2D eigenvalue weighted by Gasteiger charge is -2.11. The molecule has 0 amide bonds. The van der Waals surface area contributed by atoms with Crippen LogP contribution in [0, 0.1) is 0 Å². The van der Waals surface area contributed by atoms with E-state index in [1.54, 1.807) is 0 Å². The fourth-order valence-electron chi connectivity index (χ4n) is 7.56. The summed E-state index contributed by atoms with van der Waals surface area (Å²) in [6.45, 7) is 12.3. The van der Waals surface area contributed by atoms with E-state index in [0.717, 1.165) is 96.9 Å². The number of hydrogen-bond donors (Lipinski definition) is 3. The van der Waals surface area contributed by atoms with Crippen LogP contribution in [-0.4, -0.2) is 73.3 Å². The van der Waals surface area contributed by atoms with Gasteiger partial charge in [-0.3, -0.25) is 0 Å². The topological polar surface area (TPSA) is 88.4 Å². The Morgan fingerprint density at radius 1 is 0.329 bits per heavy atom. The predicted molar refractivity (Wildman–Crippen MR) is 310 cm³/mol. The minimum Gasteiger partial charge on any atom is -0.391 e. The smallest absolute Gasteiger partial charge is 0.0776 e. The summed E-state index contributed by atoms with van der Waals surface area (Å²) in [5, 5.41) is 29.5. The molecular formula is C67H92O6. The Labute approximate surface area is 442 Å². The van der Waals surface area contributed by atoms with Gasteiger partial charge in [0.15, 0.2) is 0 Å². The second-order valence-corrected chi connectivity index (χ2v) is 18.8. The van der Waals surface area contributed by atoms with Gasteiger partial charge in [-0.15, -0.1) is 0 Å². The third-order valence-corrected chi connectivity index (χ3v) is 12.2. The standard InChI is InChI=1S/C22H28O2.C20H26O2.C14H22O2.C11H16/c1-2-3-17-24-18-22(23)16-15-21-13-11-20(12-14-21)10-9-19-7-5-4-6-8-19;1-2-3-15-22-16-20(21)14-11-17-9-12-19(13-10-17)18-7-5-4-6-8-18;1-2-3-11-16-12-14(15)10-9-13-7-5-4-6-8-13;1-2-3-5-8-11-9-6-4-7-10-11/h4-14,22-23H,2-3,15-18H2,1H3;4-10,12-13,20-21H,2-3,11,14-16H2,1H3;4-8,14-15H,2-3,9-12H2,1H3;4,6-7,9-10H,2-3,5,8H2,1H3/b10-9+;;;. The molecule has 3 unspecified atom stereocenters. The summed E-state index contributed by atoms with van der Waals surface area (Å²) in [6.07, 6.45) is 19.9. The summed E-state index contributed by atoms with van der Waals surface area (Å²) in [7, 11) is 0. The minimum absolute atomic E-state index is 0.336. The monoisotopic (exact) mass is 993 g/mol. The van der Waals surface area contributed by atoms with Gasteiger partial charge in [-0.25, -0.2) is 0 Å². The van der Waals surface area contributed by atoms with E-state index >= 15 is 0 Å². The van der Waals surface area contributed by atoms with Gasteiger partial charge in [0.05, 0.1) is 38.1 Å². The second kappa shape index (κ2) is 42.2. The molecule has 0 heterocycles. The third kappa shape index (κ3) is 31.9. The highest BCUT2D eigenvalue weighted by Crippen LogP contribution is 2.20. The molecule has 73 heavy (non-hydrogen) atoms. The van der Waals surface area contributed by atoms with Crippen LogP contribution in [-0.2, 0) is 39.9 Å². The van der Waals surface area contributed by atoms with Gasteiger partial charge in [-0.1, -0.05) is 242 Å². The number of aliphatic hydroxyl groups is 3. The molecule has 0 spiro atoms. The first-order chi connectivity index (χ1) is 35.8. The van der Waals surface area contributed by atoms with Gasteiger partial charge >= 0.3 is 0 Å². The van der Waals surface area contributed by atoms with Crippen molar-refractivity contribution in [3.8, 4) is 11.1 Å². The van der Waals surface area contributed by atoms with Crippen molar-refractivity contribution >= 4 is 12.2 Å². The molecule has 0 aromatic heterocycles. The van der Waals surface area contributed by atoms with Gasteiger partial charge in [0.1, 0.15) is 0 Å². The molecule has 3 atom stereocenters. The Hall–Kier alpha value is -5.18. The fourth-order valence-corrected chi connectivity index (χ4v) is 7.56. The molecule has 0 bridgehead atoms. The average molecular weight is 993 g/mol. The maximum Gasteiger partial charge on any atom is 0.0776 e. The quantitative estimate of drug-likeness (QED) is 0.0297. The summed E-state index contributed by atoms with van der Waals surface area (Å²) < 4.78 is 16.3. The molecule has 3 N–H and O–H groups in total. The van der Waals surface area contributed by atoms with E-state index in [9.17, 15) is 15.3 Å². The zero-order valence-electron chi connectivity index (χ0n) is 45.2. The Balaban J connectivity index is 0.000000266. The van der Waals surface area contributed by atoms with Crippen molar-refractivity contribution in [2.45, 2.75) is 149 Å². The minimum atomic E-state index is -0.375. The van der Waals surface area contributed by atoms with Crippen LogP contribution in [0.3, 0.4) is 0 Å². The van der Waals surface area contributed by atoms with Crippen molar-refractivity contribution in [2.75, 3.05) is 39.6 Å². The van der Waals surface area contributed by atoms with Crippen LogP contribution >= 0.6 is 0 Å². The van der Waals surface area contributed by atoms with Crippen LogP contribution in [0.4, 0.5) is 0 Å².